The Morgan fingerprint density at radius 3 is 2.42 bits per heavy atom. The van der Waals surface area contributed by atoms with Gasteiger partial charge in [0.25, 0.3) is 0 Å². The van der Waals surface area contributed by atoms with Gasteiger partial charge in [0.2, 0.25) is 0 Å². The van der Waals surface area contributed by atoms with E-state index >= 15 is 0 Å². The fourth-order valence-electron chi connectivity index (χ4n) is 2.14. The number of hydrogen-bond acceptors (Lipinski definition) is 4. The second-order valence-electron chi connectivity index (χ2n) is 7.16. The van der Waals surface area contributed by atoms with Crippen molar-refractivity contribution in [1.82, 2.24) is 15.5 Å². The predicted molar refractivity (Wildman–Crippen MR) is 109 cm³/mol. The monoisotopic (exact) mass is 364 g/mol. The van der Waals surface area contributed by atoms with Gasteiger partial charge in [-0.15, -0.1) is 0 Å². The van der Waals surface area contributed by atoms with Gasteiger partial charge in [-0.1, -0.05) is 12.1 Å². The van der Waals surface area contributed by atoms with E-state index in [0.29, 0.717) is 13.1 Å². The van der Waals surface area contributed by atoms with Crippen molar-refractivity contribution in [3.05, 3.63) is 29.8 Å². The minimum Gasteiger partial charge on any atom is -0.494 e. The summed E-state index contributed by atoms with van der Waals surface area (Å²) >= 11 is 0. The first-order valence-electron chi connectivity index (χ1n) is 9.30. The molecule has 148 valence electrons. The average molecular weight is 365 g/mol. The fourth-order valence-corrected chi connectivity index (χ4v) is 2.14. The molecule has 0 saturated heterocycles. The Hall–Kier alpha value is -1.79. The van der Waals surface area contributed by atoms with Gasteiger partial charge in [-0.3, -0.25) is 0 Å². The fraction of sp³-hybridized carbons (Fsp3) is 0.650. The topological polar surface area (TPSA) is 58.1 Å². The van der Waals surface area contributed by atoms with Crippen LogP contribution in [0.5, 0.6) is 5.75 Å². The lowest BCUT2D eigenvalue weighted by atomic mass is 10.1. The van der Waals surface area contributed by atoms with Crippen molar-refractivity contribution in [3.8, 4) is 5.75 Å². The number of benzene rings is 1. The first-order valence-corrected chi connectivity index (χ1v) is 9.30. The summed E-state index contributed by atoms with van der Waals surface area (Å²) in [5.74, 6) is 1.70. The number of aliphatic imine (C=N–C) groups is 1. The highest BCUT2D eigenvalue weighted by Crippen LogP contribution is 2.13. The number of nitrogens with one attached hydrogen (secondary N) is 2. The second-order valence-corrected chi connectivity index (χ2v) is 7.16. The van der Waals surface area contributed by atoms with Gasteiger partial charge in [0.1, 0.15) is 5.75 Å². The van der Waals surface area contributed by atoms with E-state index in [4.69, 9.17) is 9.47 Å². The Morgan fingerprint density at radius 2 is 1.85 bits per heavy atom. The largest absolute Gasteiger partial charge is 0.494 e. The highest BCUT2D eigenvalue weighted by atomic mass is 16.5. The molecule has 1 aromatic rings. The molecule has 0 heterocycles. The zero-order valence-electron chi connectivity index (χ0n) is 17.3. The lowest BCUT2D eigenvalue weighted by Gasteiger charge is -2.24. The number of nitrogens with zero attached hydrogens (tertiary/aromatic N) is 2. The molecule has 0 radical (unpaired) electrons. The van der Waals surface area contributed by atoms with Crippen molar-refractivity contribution in [3.63, 3.8) is 0 Å². The number of guanidine groups is 1. The molecule has 0 bridgehead atoms. The maximum absolute atomic E-state index is 5.76. The van der Waals surface area contributed by atoms with Gasteiger partial charge in [-0.25, -0.2) is 4.99 Å². The van der Waals surface area contributed by atoms with E-state index in [9.17, 15) is 0 Å². The first-order chi connectivity index (χ1) is 12.4. The van der Waals surface area contributed by atoms with Gasteiger partial charge in [0.15, 0.2) is 5.96 Å². The lowest BCUT2D eigenvalue weighted by Crippen LogP contribution is -2.45. The van der Waals surface area contributed by atoms with Crippen molar-refractivity contribution in [2.45, 2.75) is 39.3 Å². The minimum absolute atomic E-state index is 0.234. The van der Waals surface area contributed by atoms with Gasteiger partial charge in [0.05, 0.1) is 18.8 Å². The summed E-state index contributed by atoms with van der Waals surface area (Å²) in [6, 6.07) is 8.14. The summed E-state index contributed by atoms with van der Waals surface area (Å²) in [4.78, 5) is 6.80. The minimum atomic E-state index is -0.234. The molecule has 0 unspecified atom stereocenters. The SMILES string of the molecule is CCNC(=NCc1ccc(OCCCN(C)C)cc1)NCC(C)(C)OC. The van der Waals surface area contributed by atoms with Crippen LogP contribution < -0.4 is 15.4 Å². The molecule has 0 aliphatic carbocycles. The van der Waals surface area contributed by atoms with Crippen molar-refractivity contribution in [2.24, 2.45) is 4.99 Å². The van der Waals surface area contributed by atoms with Crippen LogP contribution in [0, 0.1) is 0 Å². The number of methoxy groups -OCH3 is 1. The zero-order chi connectivity index (χ0) is 19.4. The van der Waals surface area contributed by atoms with Crippen LogP contribution in [-0.4, -0.2) is 63.9 Å². The van der Waals surface area contributed by atoms with Gasteiger partial charge in [-0.05, 0) is 59.0 Å². The van der Waals surface area contributed by atoms with Gasteiger partial charge >= 0.3 is 0 Å². The maximum atomic E-state index is 5.76. The summed E-state index contributed by atoms with van der Waals surface area (Å²) in [5, 5.41) is 6.58. The van der Waals surface area contributed by atoms with Crippen molar-refractivity contribution in [2.75, 3.05) is 47.4 Å². The Morgan fingerprint density at radius 1 is 1.15 bits per heavy atom. The zero-order valence-corrected chi connectivity index (χ0v) is 17.3. The van der Waals surface area contributed by atoms with Crippen molar-refractivity contribution < 1.29 is 9.47 Å². The van der Waals surface area contributed by atoms with Gasteiger partial charge in [-0.2, -0.15) is 0 Å². The molecule has 6 nitrogen and oxygen atoms in total. The molecule has 0 aromatic heterocycles. The molecule has 0 fully saturated rings. The molecule has 0 aliphatic heterocycles. The molecule has 1 aromatic carbocycles. The molecule has 26 heavy (non-hydrogen) atoms. The molecule has 2 N–H and O–H groups in total. The van der Waals surface area contributed by atoms with Crippen LogP contribution in [0.2, 0.25) is 0 Å². The quantitative estimate of drug-likeness (QED) is 0.359. The van der Waals surface area contributed by atoms with Crippen LogP contribution in [0.4, 0.5) is 0 Å². The molecule has 0 saturated carbocycles. The van der Waals surface area contributed by atoms with E-state index in [0.717, 1.165) is 43.4 Å². The van der Waals surface area contributed by atoms with Crippen molar-refractivity contribution >= 4 is 5.96 Å². The second kappa shape index (κ2) is 11.8. The van der Waals surface area contributed by atoms with Crippen LogP contribution in [0.3, 0.4) is 0 Å². The van der Waals surface area contributed by atoms with Crippen LogP contribution in [-0.2, 0) is 11.3 Å². The first kappa shape index (κ1) is 22.3. The predicted octanol–water partition coefficient (Wildman–Crippen LogP) is 2.50. The van der Waals surface area contributed by atoms with Gasteiger partial charge in [0, 0.05) is 26.7 Å². The highest BCUT2D eigenvalue weighted by Gasteiger charge is 2.16. The summed E-state index contributed by atoms with van der Waals surface area (Å²) in [6.45, 7) is 10.0. The van der Waals surface area contributed by atoms with E-state index in [1.807, 2.05) is 26.0 Å². The summed E-state index contributed by atoms with van der Waals surface area (Å²) in [6.07, 6.45) is 1.02. The van der Waals surface area contributed by atoms with Crippen LogP contribution in [0.25, 0.3) is 0 Å². The normalized spacial score (nSPS) is 12.3. The molecular weight excluding hydrogens is 328 g/mol. The third-order valence-corrected chi connectivity index (χ3v) is 3.94. The summed E-state index contributed by atoms with van der Waals surface area (Å²) in [7, 11) is 5.86. The summed E-state index contributed by atoms with van der Waals surface area (Å²) in [5.41, 5.74) is 0.913. The number of rotatable bonds is 11. The van der Waals surface area contributed by atoms with E-state index < -0.39 is 0 Å². The standard InChI is InChI=1S/C20H36N4O2/c1-7-21-19(23-16-20(2,3)25-6)22-15-17-9-11-18(12-10-17)26-14-8-13-24(4)5/h9-12H,7-8,13-16H2,1-6H3,(H2,21,22,23). The number of hydrogen-bond donors (Lipinski definition) is 2. The van der Waals surface area contributed by atoms with Crippen molar-refractivity contribution in [1.29, 1.82) is 0 Å². The molecule has 6 heteroatoms. The van der Waals surface area contributed by atoms with E-state index in [1.54, 1.807) is 7.11 Å². The Kier molecular flexibility index (Phi) is 10.1. The summed E-state index contributed by atoms with van der Waals surface area (Å²) < 4.78 is 11.2. The molecule has 0 aliphatic rings. The Labute approximate surface area is 159 Å². The third-order valence-electron chi connectivity index (χ3n) is 3.94. The maximum Gasteiger partial charge on any atom is 0.191 e. The number of ether oxygens (including phenoxy) is 2. The van der Waals surface area contributed by atoms with Gasteiger partial charge < -0.3 is 25.0 Å². The van der Waals surface area contributed by atoms with Crippen LogP contribution >= 0.6 is 0 Å². The molecule has 0 atom stereocenters. The average Bonchev–Trinajstić information content (AvgIpc) is 2.62. The Balaban J connectivity index is 2.50. The molecular formula is C20H36N4O2. The third kappa shape index (κ3) is 9.63. The van der Waals surface area contributed by atoms with Crippen LogP contribution in [0.1, 0.15) is 32.8 Å². The molecule has 1 rings (SSSR count). The molecule has 0 amide bonds. The highest BCUT2D eigenvalue weighted by molar-refractivity contribution is 5.79. The van der Waals surface area contributed by atoms with Crippen LogP contribution in [0.15, 0.2) is 29.3 Å². The lowest BCUT2D eigenvalue weighted by molar-refractivity contribution is 0.0268. The smallest absolute Gasteiger partial charge is 0.191 e. The van der Waals surface area contributed by atoms with E-state index in [2.05, 4.69) is 53.7 Å². The molecule has 0 spiro atoms. The van der Waals surface area contributed by atoms with E-state index in [-0.39, 0.29) is 5.60 Å². The van der Waals surface area contributed by atoms with E-state index in [1.165, 1.54) is 0 Å². The Bertz CT molecular complexity index is 527.